The molecule has 160 valence electrons. The van der Waals surface area contributed by atoms with Crippen LogP contribution in [0.15, 0.2) is 42.5 Å². The van der Waals surface area contributed by atoms with Crippen LogP contribution in [0.3, 0.4) is 0 Å². The van der Waals surface area contributed by atoms with Crippen molar-refractivity contribution >= 4 is 29.4 Å². The molecule has 3 rings (SSSR count). The molecule has 2 N–H and O–H groups in total. The number of hydrogen-bond donors (Lipinski definition) is 2. The molecule has 1 aromatic heterocycles. The molecule has 0 radical (unpaired) electrons. The molecule has 2 amide bonds. The molecule has 30 heavy (non-hydrogen) atoms. The molecule has 0 unspecified atom stereocenters. The fourth-order valence-corrected chi connectivity index (χ4v) is 3.37. The molecule has 0 spiro atoms. The SMILES string of the molecule is CNC(=O)COC(=O)NCCN1CCN(c2cccc(-c3cccc(Cl)c3)n2)CC1. The number of ether oxygens (including phenoxy) is 1. The fraction of sp³-hybridized carbons (Fsp3) is 0.381. The van der Waals surface area contributed by atoms with Crippen molar-refractivity contribution in [1.29, 1.82) is 0 Å². The molecule has 2 heterocycles. The fourth-order valence-electron chi connectivity index (χ4n) is 3.18. The van der Waals surface area contributed by atoms with E-state index in [1.54, 1.807) is 0 Å². The van der Waals surface area contributed by atoms with Crippen LogP contribution >= 0.6 is 11.6 Å². The lowest BCUT2D eigenvalue weighted by Gasteiger charge is -2.35. The second kappa shape index (κ2) is 10.8. The summed E-state index contributed by atoms with van der Waals surface area (Å²) in [7, 11) is 1.49. The average molecular weight is 432 g/mol. The van der Waals surface area contributed by atoms with Crippen LogP contribution in [0, 0.1) is 0 Å². The van der Waals surface area contributed by atoms with Crippen LogP contribution in [0.5, 0.6) is 0 Å². The molecular formula is C21H26ClN5O3. The zero-order valence-corrected chi connectivity index (χ0v) is 17.7. The Morgan fingerprint density at radius 2 is 1.90 bits per heavy atom. The molecule has 0 saturated carbocycles. The van der Waals surface area contributed by atoms with Gasteiger partial charge in [-0.15, -0.1) is 0 Å². The summed E-state index contributed by atoms with van der Waals surface area (Å²) in [6, 6.07) is 13.7. The number of carbonyl (C=O) groups is 2. The summed E-state index contributed by atoms with van der Waals surface area (Å²) in [6.07, 6.45) is -0.584. The molecule has 1 fully saturated rings. The topological polar surface area (TPSA) is 86.8 Å². The van der Waals surface area contributed by atoms with E-state index in [4.69, 9.17) is 21.3 Å². The Morgan fingerprint density at radius 1 is 1.13 bits per heavy atom. The van der Waals surface area contributed by atoms with Crippen molar-refractivity contribution < 1.29 is 14.3 Å². The summed E-state index contributed by atoms with van der Waals surface area (Å²) in [6.45, 7) is 4.37. The van der Waals surface area contributed by atoms with Crippen molar-refractivity contribution in [1.82, 2.24) is 20.5 Å². The van der Waals surface area contributed by atoms with Crippen molar-refractivity contribution in [2.75, 3.05) is 57.8 Å². The summed E-state index contributed by atoms with van der Waals surface area (Å²) in [5.74, 6) is 0.609. The zero-order valence-electron chi connectivity index (χ0n) is 16.9. The van der Waals surface area contributed by atoms with Gasteiger partial charge in [0, 0.05) is 56.9 Å². The second-order valence-corrected chi connectivity index (χ2v) is 7.33. The third kappa shape index (κ3) is 6.33. The first-order valence-corrected chi connectivity index (χ1v) is 10.2. The van der Waals surface area contributed by atoms with E-state index in [1.807, 2.05) is 42.5 Å². The minimum atomic E-state index is -0.584. The predicted molar refractivity (Wildman–Crippen MR) is 117 cm³/mol. The summed E-state index contributed by atoms with van der Waals surface area (Å²) >= 11 is 6.10. The lowest BCUT2D eigenvalue weighted by Crippen LogP contribution is -2.48. The summed E-state index contributed by atoms with van der Waals surface area (Å²) in [5.41, 5.74) is 1.90. The molecule has 0 atom stereocenters. The van der Waals surface area contributed by atoms with Crippen molar-refractivity contribution in [3.05, 3.63) is 47.5 Å². The number of nitrogens with one attached hydrogen (secondary N) is 2. The first kappa shape index (κ1) is 21.9. The average Bonchev–Trinajstić information content (AvgIpc) is 2.78. The van der Waals surface area contributed by atoms with Gasteiger partial charge in [-0.25, -0.2) is 9.78 Å². The minimum absolute atomic E-state index is 0.276. The predicted octanol–water partition coefficient (Wildman–Crippen LogP) is 2.00. The Bertz CT molecular complexity index is 871. The zero-order chi connectivity index (χ0) is 21.3. The van der Waals surface area contributed by atoms with Gasteiger partial charge in [0.1, 0.15) is 5.82 Å². The quantitative estimate of drug-likeness (QED) is 0.697. The number of amides is 2. The van der Waals surface area contributed by atoms with E-state index in [0.717, 1.165) is 49.8 Å². The highest BCUT2D eigenvalue weighted by Crippen LogP contribution is 2.23. The van der Waals surface area contributed by atoms with E-state index in [1.165, 1.54) is 7.05 Å². The van der Waals surface area contributed by atoms with Crippen molar-refractivity contribution in [3.8, 4) is 11.3 Å². The largest absolute Gasteiger partial charge is 0.439 e. The van der Waals surface area contributed by atoms with Crippen molar-refractivity contribution in [3.63, 3.8) is 0 Å². The van der Waals surface area contributed by atoms with Crippen molar-refractivity contribution in [2.45, 2.75) is 0 Å². The van der Waals surface area contributed by atoms with E-state index in [-0.39, 0.29) is 12.5 Å². The smallest absolute Gasteiger partial charge is 0.407 e. The Balaban J connectivity index is 1.44. The molecule has 0 bridgehead atoms. The Labute approximate surface area is 181 Å². The molecular weight excluding hydrogens is 406 g/mol. The number of piperazine rings is 1. The maximum atomic E-state index is 11.6. The van der Waals surface area contributed by atoms with Gasteiger partial charge in [-0.05, 0) is 24.3 Å². The number of halogens is 1. The van der Waals surface area contributed by atoms with Crippen LogP contribution in [0.25, 0.3) is 11.3 Å². The van der Waals surface area contributed by atoms with E-state index < -0.39 is 6.09 Å². The molecule has 1 aromatic carbocycles. The van der Waals surface area contributed by atoms with Crippen LogP contribution in [0.4, 0.5) is 10.6 Å². The number of pyridine rings is 1. The Kier molecular flexibility index (Phi) is 7.87. The third-order valence-corrected chi connectivity index (χ3v) is 5.10. The first-order chi connectivity index (χ1) is 14.5. The van der Waals surface area contributed by atoms with E-state index >= 15 is 0 Å². The third-order valence-electron chi connectivity index (χ3n) is 4.86. The molecule has 1 aliphatic heterocycles. The number of aromatic nitrogens is 1. The highest BCUT2D eigenvalue weighted by Gasteiger charge is 2.18. The molecule has 2 aromatic rings. The number of likely N-dealkylation sites (N-methyl/N-ethyl adjacent to an activating group) is 1. The molecule has 0 aliphatic carbocycles. The van der Waals surface area contributed by atoms with Crippen molar-refractivity contribution in [2.24, 2.45) is 0 Å². The van der Waals surface area contributed by atoms with Gasteiger partial charge in [-0.2, -0.15) is 0 Å². The lowest BCUT2D eigenvalue weighted by molar-refractivity contribution is -0.123. The molecule has 1 saturated heterocycles. The van der Waals surface area contributed by atoms with Gasteiger partial charge in [0.05, 0.1) is 5.69 Å². The number of carbonyl (C=O) groups excluding carboxylic acids is 2. The van der Waals surface area contributed by atoms with Gasteiger partial charge < -0.3 is 20.3 Å². The lowest BCUT2D eigenvalue weighted by atomic mass is 10.1. The number of hydrogen-bond acceptors (Lipinski definition) is 6. The van der Waals surface area contributed by atoms with Crippen LogP contribution in [-0.2, 0) is 9.53 Å². The molecule has 9 heteroatoms. The number of benzene rings is 1. The monoisotopic (exact) mass is 431 g/mol. The van der Waals surface area contributed by atoms with Gasteiger partial charge in [0.2, 0.25) is 0 Å². The van der Waals surface area contributed by atoms with Crippen LogP contribution in [-0.4, -0.2) is 74.8 Å². The number of anilines is 1. The maximum Gasteiger partial charge on any atom is 0.407 e. The standard InChI is InChI=1S/C21H26ClN5O3/c1-23-20(28)15-30-21(29)24-8-9-26-10-12-27(13-11-26)19-7-3-6-18(25-19)16-4-2-5-17(22)14-16/h2-7,14H,8-13,15H2,1H3,(H,23,28)(H,24,29). The number of nitrogens with zero attached hydrogens (tertiary/aromatic N) is 3. The first-order valence-electron chi connectivity index (χ1n) is 9.86. The second-order valence-electron chi connectivity index (χ2n) is 6.90. The van der Waals surface area contributed by atoms with Gasteiger partial charge >= 0.3 is 6.09 Å². The summed E-state index contributed by atoms with van der Waals surface area (Å²) in [4.78, 5) is 32.0. The Hall–Kier alpha value is -2.84. The summed E-state index contributed by atoms with van der Waals surface area (Å²) < 4.78 is 4.81. The van der Waals surface area contributed by atoms with Crippen LogP contribution in [0.2, 0.25) is 5.02 Å². The van der Waals surface area contributed by atoms with Gasteiger partial charge in [-0.1, -0.05) is 29.8 Å². The van der Waals surface area contributed by atoms with Crippen LogP contribution < -0.4 is 15.5 Å². The normalized spacial score (nSPS) is 14.3. The molecule has 8 nitrogen and oxygen atoms in total. The van der Waals surface area contributed by atoms with Crippen LogP contribution in [0.1, 0.15) is 0 Å². The highest BCUT2D eigenvalue weighted by molar-refractivity contribution is 6.30. The highest BCUT2D eigenvalue weighted by atomic mass is 35.5. The Morgan fingerprint density at radius 3 is 2.63 bits per heavy atom. The van der Waals surface area contributed by atoms with Gasteiger partial charge in [-0.3, -0.25) is 9.69 Å². The minimum Gasteiger partial charge on any atom is -0.439 e. The number of rotatable bonds is 7. The maximum absolute atomic E-state index is 11.6. The van der Waals surface area contributed by atoms with E-state index in [9.17, 15) is 9.59 Å². The number of alkyl carbamates (subject to hydrolysis) is 1. The summed E-state index contributed by atoms with van der Waals surface area (Å²) in [5, 5.41) is 5.75. The van der Waals surface area contributed by atoms with Gasteiger partial charge in [0.15, 0.2) is 6.61 Å². The van der Waals surface area contributed by atoms with E-state index in [0.29, 0.717) is 11.6 Å². The molecule has 1 aliphatic rings. The van der Waals surface area contributed by atoms with E-state index in [2.05, 4.69) is 20.4 Å². The van der Waals surface area contributed by atoms with Gasteiger partial charge in [0.25, 0.3) is 5.91 Å².